The van der Waals surface area contributed by atoms with Crippen LogP contribution in [0, 0.1) is 6.92 Å². The van der Waals surface area contributed by atoms with Gasteiger partial charge in [-0.05, 0) is 85.3 Å². The summed E-state index contributed by atoms with van der Waals surface area (Å²) in [5, 5.41) is 4.34. The first-order valence-corrected chi connectivity index (χ1v) is 15.1. The van der Waals surface area contributed by atoms with Crippen LogP contribution in [0.1, 0.15) is 15.9 Å². The Kier molecular flexibility index (Phi) is 6.59. The number of hydrogen-bond donors (Lipinski definition) is 1. The second kappa shape index (κ2) is 10.1. The summed E-state index contributed by atoms with van der Waals surface area (Å²) < 4.78 is 42.1. The Morgan fingerprint density at radius 2 is 1.50 bits per heavy atom. The van der Waals surface area contributed by atoms with Crippen molar-refractivity contribution in [3.05, 3.63) is 90.0 Å². The van der Waals surface area contributed by atoms with Gasteiger partial charge in [0.2, 0.25) is 0 Å². The molecule has 4 aromatic carbocycles. The zero-order valence-electron chi connectivity index (χ0n) is 21.2. The van der Waals surface area contributed by atoms with E-state index in [1.165, 1.54) is 22.7 Å². The SMILES string of the molecule is COc1ccc(C(=O)Nc2ccc(-c3nc4ccc(-c5nc6ccc(C)c(S(=O)(=O)[O-])c6s5)cc4s3)cc2)cc1. The average Bonchev–Trinajstić information content (AvgIpc) is 3.56. The van der Waals surface area contributed by atoms with Crippen molar-refractivity contribution in [2.75, 3.05) is 12.4 Å². The van der Waals surface area contributed by atoms with E-state index in [4.69, 9.17) is 9.72 Å². The molecule has 0 bridgehead atoms. The van der Waals surface area contributed by atoms with Gasteiger partial charge in [-0.3, -0.25) is 4.79 Å². The molecule has 0 aliphatic rings. The Bertz CT molecular complexity index is 2010. The number of aryl methyl sites for hydroxylation is 1. The van der Waals surface area contributed by atoms with Crippen molar-refractivity contribution in [1.82, 2.24) is 9.97 Å². The highest BCUT2D eigenvalue weighted by Crippen LogP contribution is 2.38. The lowest BCUT2D eigenvalue weighted by molar-refractivity contribution is 0.102. The fourth-order valence-corrected chi connectivity index (χ4v) is 7.61. The topological polar surface area (TPSA) is 121 Å². The van der Waals surface area contributed by atoms with Crippen LogP contribution >= 0.6 is 22.7 Å². The number of fused-ring (bicyclic) bond motifs is 2. The van der Waals surface area contributed by atoms with E-state index in [2.05, 4.69) is 10.3 Å². The minimum absolute atomic E-state index is 0.210. The van der Waals surface area contributed by atoms with Crippen molar-refractivity contribution in [1.29, 1.82) is 0 Å². The van der Waals surface area contributed by atoms with Gasteiger partial charge in [0.25, 0.3) is 5.91 Å². The minimum atomic E-state index is -4.63. The quantitative estimate of drug-likeness (QED) is 0.215. The van der Waals surface area contributed by atoms with Gasteiger partial charge in [0.1, 0.15) is 25.9 Å². The number of ether oxygens (including phenoxy) is 1. The monoisotopic (exact) mass is 586 g/mol. The molecule has 6 rings (SSSR count). The summed E-state index contributed by atoms with van der Waals surface area (Å²) in [6.45, 7) is 1.61. The largest absolute Gasteiger partial charge is 0.744 e. The minimum Gasteiger partial charge on any atom is -0.744 e. The van der Waals surface area contributed by atoms with Gasteiger partial charge in [-0.25, -0.2) is 18.4 Å². The number of rotatable bonds is 6. The Morgan fingerprint density at radius 3 is 2.20 bits per heavy atom. The Labute approximate surface area is 237 Å². The second-order valence-electron chi connectivity index (χ2n) is 8.99. The third-order valence-electron chi connectivity index (χ3n) is 6.34. The number of nitrogens with one attached hydrogen (secondary N) is 1. The molecule has 0 spiro atoms. The van der Waals surface area contributed by atoms with E-state index in [1.54, 1.807) is 50.4 Å². The first-order valence-electron chi connectivity index (χ1n) is 12.0. The molecule has 2 aromatic heterocycles. The molecule has 8 nitrogen and oxygen atoms in total. The van der Waals surface area contributed by atoms with Gasteiger partial charge in [0, 0.05) is 22.4 Å². The highest BCUT2D eigenvalue weighted by Gasteiger charge is 2.17. The summed E-state index contributed by atoms with van der Waals surface area (Å²) in [6, 6.07) is 23.5. The number of hydrogen-bond acceptors (Lipinski definition) is 9. The molecule has 0 unspecified atom stereocenters. The molecule has 40 heavy (non-hydrogen) atoms. The maximum atomic E-state index is 12.6. The summed E-state index contributed by atoms with van der Waals surface area (Å²) >= 11 is 2.71. The molecule has 0 atom stereocenters. The Morgan fingerprint density at radius 1 is 0.850 bits per heavy atom. The van der Waals surface area contributed by atoms with Crippen LogP contribution in [-0.4, -0.2) is 36.0 Å². The van der Waals surface area contributed by atoms with Crippen molar-refractivity contribution >= 4 is 64.8 Å². The van der Waals surface area contributed by atoms with Crippen LogP contribution in [0.3, 0.4) is 0 Å². The molecule has 200 valence electrons. The summed E-state index contributed by atoms with van der Waals surface area (Å²) in [7, 11) is -3.06. The number of carbonyl (C=O) groups excluding carboxylic acids is 1. The molecule has 6 aromatic rings. The van der Waals surface area contributed by atoms with E-state index in [-0.39, 0.29) is 10.8 Å². The number of carbonyl (C=O) groups is 1. The number of anilines is 1. The van der Waals surface area contributed by atoms with Crippen LogP contribution < -0.4 is 10.1 Å². The number of methoxy groups -OCH3 is 1. The molecule has 0 fully saturated rings. The second-order valence-corrected chi connectivity index (χ2v) is 12.3. The number of benzene rings is 4. The number of aromatic nitrogens is 2. The molecular weight excluding hydrogens is 567 g/mol. The highest BCUT2D eigenvalue weighted by molar-refractivity contribution is 7.86. The lowest BCUT2D eigenvalue weighted by Crippen LogP contribution is -2.11. The van der Waals surface area contributed by atoms with Crippen LogP contribution in [0.25, 0.3) is 41.6 Å². The maximum Gasteiger partial charge on any atom is 0.255 e. The Balaban J connectivity index is 1.25. The average molecular weight is 587 g/mol. The van der Waals surface area contributed by atoms with Crippen LogP contribution in [0.4, 0.5) is 5.69 Å². The first kappa shape index (κ1) is 26.1. The van der Waals surface area contributed by atoms with E-state index in [0.717, 1.165) is 26.4 Å². The predicted molar refractivity (Wildman–Crippen MR) is 157 cm³/mol. The lowest BCUT2D eigenvalue weighted by Gasteiger charge is -2.10. The van der Waals surface area contributed by atoms with Gasteiger partial charge in [0.05, 0.1) is 32.4 Å². The third-order valence-corrected chi connectivity index (χ3v) is 9.70. The van der Waals surface area contributed by atoms with E-state index < -0.39 is 10.1 Å². The van der Waals surface area contributed by atoms with Crippen molar-refractivity contribution in [2.45, 2.75) is 11.8 Å². The van der Waals surface area contributed by atoms with Crippen LogP contribution in [0.15, 0.2) is 83.8 Å². The van der Waals surface area contributed by atoms with E-state index in [9.17, 15) is 17.8 Å². The highest BCUT2D eigenvalue weighted by atomic mass is 32.2. The number of thiazole rings is 2. The summed E-state index contributed by atoms with van der Waals surface area (Å²) in [5.41, 5.74) is 4.62. The van der Waals surface area contributed by atoms with Gasteiger partial charge in [-0.1, -0.05) is 6.07 Å². The van der Waals surface area contributed by atoms with E-state index in [0.29, 0.717) is 37.8 Å². The summed E-state index contributed by atoms with van der Waals surface area (Å²) in [5.74, 6) is 0.468. The van der Waals surface area contributed by atoms with Gasteiger partial charge in [-0.2, -0.15) is 0 Å². The third kappa shape index (κ3) is 4.95. The smallest absolute Gasteiger partial charge is 0.255 e. The van der Waals surface area contributed by atoms with Crippen molar-refractivity contribution in [2.24, 2.45) is 0 Å². The van der Waals surface area contributed by atoms with Gasteiger partial charge in [0.15, 0.2) is 0 Å². The fourth-order valence-electron chi connectivity index (χ4n) is 4.32. The van der Waals surface area contributed by atoms with Crippen LogP contribution in [0.5, 0.6) is 5.75 Å². The molecule has 1 amide bonds. The van der Waals surface area contributed by atoms with E-state index >= 15 is 0 Å². The molecule has 0 saturated heterocycles. The van der Waals surface area contributed by atoms with Gasteiger partial charge < -0.3 is 14.6 Å². The van der Waals surface area contributed by atoms with Crippen molar-refractivity contribution < 1.29 is 22.5 Å². The van der Waals surface area contributed by atoms with Crippen molar-refractivity contribution in [3.8, 4) is 26.9 Å². The zero-order valence-corrected chi connectivity index (χ0v) is 23.6. The van der Waals surface area contributed by atoms with Crippen LogP contribution in [-0.2, 0) is 10.1 Å². The number of nitrogens with zero attached hydrogens (tertiary/aromatic N) is 2. The zero-order chi connectivity index (χ0) is 28.0. The molecule has 0 radical (unpaired) electrons. The summed E-state index contributed by atoms with van der Waals surface area (Å²) in [4.78, 5) is 21.7. The number of amides is 1. The normalized spacial score (nSPS) is 11.7. The Hall–Kier alpha value is -4.16. The van der Waals surface area contributed by atoms with Crippen molar-refractivity contribution in [3.63, 3.8) is 0 Å². The fraction of sp³-hybridized carbons (Fsp3) is 0.0690. The maximum absolute atomic E-state index is 12.6. The van der Waals surface area contributed by atoms with E-state index in [1.807, 2.05) is 42.5 Å². The van der Waals surface area contributed by atoms with Gasteiger partial charge >= 0.3 is 0 Å². The predicted octanol–water partition coefficient (Wildman–Crippen LogP) is 6.71. The molecule has 0 aliphatic heterocycles. The first-order chi connectivity index (χ1) is 19.2. The molecule has 1 N–H and O–H groups in total. The standard InChI is InChI=1S/C29H21N3O5S3/c1-16-3-13-23-25(26(16)40(34,35)36)39-29(32-23)19-8-14-22-24(15-19)38-28(31-22)18-4-9-20(10-5-18)30-27(33)17-6-11-21(37-2)12-7-17/h3-15H,1-2H3,(H,30,33)(H,34,35,36)/p-1. The molecular formula is C29H20N3O5S3-. The molecule has 0 saturated carbocycles. The molecule has 2 heterocycles. The molecule has 11 heteroatoms. The summed E-state index contributed by atoms with van der Waals surface area (Å²) in [6.07, 6.45) is 0. The molecule has 0 aliphatic carbocycles. The van der Waals surface area contributed by atoms with Crippen LogP contribution in [0.2, 0.25) is 0 Å². The lowest BCUT2D eigenvalue weighted by atomic mass is 10.2. The van der Waals surface area contributed by atoms with Gasteiger partial charge in [-0.15, -0.1) is 22.7 Å².